The van der Waals surface area contributed by atoms with Gasteiger partial charge >= 0.3 is 0 Å². The largest absolute Gasteiger partial charge is 0.289 e. The van der Waals surface area contributed by atoms with Crippen LogP contribution in [0.5, 0.6) is 0 Å². The van der Waals surface area contributed by atoms with Crippen LogP contribution in [0.3, 0.4) is 0 Å². The summed E-state index contributed by atoms with van der Waals surface area (Å²) in [4.78, 5) is 12.2. The predicted octanol–water partition coefficient (Wildman–Crippen LogP) is 4.39. The Morgan fingerprint density at radius 1 is 1.12 bits per heavy atom. The van der Waals surface area contributed by atoms with Crippen LogP contribution < -0.4 is 0 Å². The van der Waals surface area contributed by atoms with Crippen molar-refractivity contribution in [2.75, 3.05) is 6.16 Å². The van der Waals surface area contributed by atoms with E-state index in [0.717, 1.165) is 17.3 Å². The smallest absolute Gasteiger partial charge is 0.181 e. The number of rotatable bonds is 4. The molecule has 0 spiro atoms. The summed E-state index contributed by atoms with van der Waals surface area (Å²) in [5.41, 5.74) is 6.22. The molecule has 0 amide bonds. The average molecular weight is 250 g/mol. The fourth-order valence-electron chi connectivity index (χ4n) is 1.84. The van der Waals surface area contributed by atoms with Gasteiger partial charge in [0, 0.05) is 5.56 Å². The summed E-state index contributed by atoms with van der Waals surface area (Å²) in [7, 11) is 0.411. The van der Waals surface area contributed by atoms with Crippen LogP contribution in [-0.4, -0.2) is 11.7 Å². The Kier molecular flexibility index (Phi) is 4.89. The molecule has 0 aliphatic carbocycles. The molecule has 0 radical (unpaired) electrons. The normalized spacial score (nSPS) is 11.7. The second-order valence-electron chi connectivity index (χ2n) is 5.22. The summed E-state index contributed by atoms with van der Waals surface area (Å²) in [5.74, 6) is 0.602. The second-order valence-corrected chi connectivity index (χ2v) is 6.44. The molecule has 1 aromatic carbocycles. The van der Waals surface area contributed by atoms with Crippen molar-refractivity contribution in [3.63, 3.8) is 0 Å². The van der Waals surface area contributed by atoms with Crippen molar-refractivity contribution in [1.29, 1.82) is 0 Å². The van der Waals surface area contributed by atoms with Gasteiger partial charge in [-0.1, -0.05) is 13.8 Å². The molecule has 1 atom stereocenters. The molecule has 0 aromatic heterocycles. The number of carbonyl (C=O) groups excluding carboxylic acids is 1. The summed E-state index contributed by atoms with van der Waals surface area (Å²) < 4.78 is 0. The van der Waals surface area contributed by atoms with Gasteiger partial charge in [-0.15, -0.1) is 0 Å². The van der Waals surface area contributed by atoms with Crippen LogP contribution in [0.4, 0.5) is 0 Å². The van der Waals surface area contributed by atoms with Crippen molar-refractivity contribution in [2.24, 2.45) is 5.92 Å². The number of carbonyl (C=O) groups is 1. The Balaban J connectivity index is 3.02. The maximum absolute atomic E-state index is 12.2. The molecule has 0 saturated carbocycles. The Hall–Kier alpha value is -0.680. The Bertz CT molecular complexity index is 433. The number of aryl methyl sites for hydroxylation is 1. The Labute approximate surface area is 107 Å². The van der Waals surface area contributed by atoms with Crippen molar-refractivity contribution in [3.8, 4) is 0 Å². The first kappa shape index (κ1) is 14.4. The lowest BCUT2D eigenvalue weighted by Gasteiger charge is -2.14. The number of hydrogen-bond acceptors (Lipinski definition) is 1. The van der Waals surface area contributed by atoms with Crippen LogP contribution in [0.2, 0.25) is 0 Å². The van der Waals surface area contributed by atoms with Gasteiger partial charge in [0.2, 0.25) is 0 Å². The van der Waals surface area contributed by atoms with Crippen LogP contribution in [0, 0.1) is 33.6 Å². The lowest BCUT2D eigenvalue weighted by molar-refractivity contribution is 0.108. The van der Waals surface area contributed by atoms with E-state index in [1.165, 1.54) is 16.7 Å². The van der Waals surface area contributed by atoms with E-state index in [1.54, 1.807) is 0 Å². The SMILES string of the molecule is Cc1cc(C(=O)PCC(C)C)c(C)c(C)c1C. The van der Waals surface area contributed by atoms with Crippen molar-refractivity contribution < 1.29 is 4.79 Å². The van der Waals surface area contributed by atoms with Crippen molar-refractivity contribution >= 4 is 14.1 Å². The van der Waals surface area contributed by atoms with Gasteiger partial charge in [-0.2, -0.15) is 0 Å². The van der Waals surface area contributed by atoms with Gasteiger partial charge in [-0.05, 0) is 76.7 Å². The summed E-state index contributed by atoms with van der Waals surface area (Å²) in [6.45, 7) is 12.7. The predicted molar refractivity (Wildman–Crippen MR) is 77.7 cm³/mol. The Morgan fingerprint density at radius 2 is 1.71 bits per heavy atom. The molecule has 1 unspecified atom stereocenters. The highest BCUT2D eigenvalue weighted by atomic mass is 31.1. The number of hydrogen-bond donors (Lipinski definition) is 0. The van der Waals surface area contributed by atoms with Crippen LogP contribution in [0.1, 0.15) is 46.5 Å². The van der Waals surface area contributed by atoms with Gasteiger partial charge in [0.1, 0.15) is 0 Å². The van der Waals surface area contributed by atoms with E-state index in [4.69, 9.17) is 0 Å². The van der Waals surface area contributed by atoms with Gasteiger partial charge < -0.3 is 0 Å². The van der Waals surface area contributed by atoms with Crippen LogP contribution >= 0.6 is 8.58 Å². The fraction of sp³-hybridized carbons (Fsp3) is 0.533. The summed E-state index contributed by atoms with van der Waals surface area (Å²) in [6.07, 6.45) is 1.00. The minimum Gasteiger partial charge on any atom is -0.289 e. The lowest BCUT2D eigenvalue weighted by Crippen LogP contribution is -2.03. The molecule has 0 heterocycles. The van der Waals surface area contributed by atoms with Crippen LogP contribution in [-0.2, 0) is 0 Å². The van der Waals surface area contributed by atoms with E-state index in [1.807, 2.05) is 0 Å². The molecule has 2 heteroatoms. The van der Waals surface area contributed by atoms with E-state index < -0.39 is 0 Å². The highest BCUT2D eigenvalue weighted by Crippen LogP contribution is 2.28. The average Bonchev–Trinajstić information content (AvgIpc) is 2.28. The lowest BCUT2D eigenvalue weighted by atomic mass is 9.95. The highest BCUT2D eigenvalue weighted by molar-refractivity contribution is 7.58. The van der Waals surface area contributed by atoms with Crippen molar-refractivity contribution in [2.45, 2.75) is 41.5 Å². The molecule has 0 N–H and O–H groups in total. The fourth-order valence-corrected chi connectivity index (χ4v) is 2.88. The van der Waals surface area contributed by atoms with E-state index in [0.29, 0.717) is 20.0 Å². The molecular weight excluding hydrogens is 227 g/mol. The first-order valence-corrected chi connectivity index (χ1v) is 7.41. The van der Waals surface area contributed by atoms with Gasteiger partial charge in [-0.25, -0.2) is 0 Å². The van der Waals surface area contributed by atoms with Gasteiger partial charge in [-0.3, -0.25) is 4.79 Å². The molecule has 1 nitrogen and oxygen atoms in total. The van der Waals surface area contributed by atoms with Gasteiger partial charge in [0.15, 0.2) is 5.52 Å². The third kappa shape index (κ3) is 3.39. The third-order valence-corrected chi connectivity index (χ3v) is 5.01. The zero-order valence-electron chi connectivity index (χ0n) is 11.8. The molecule has 17 heavy (non-hydrogen) atoms. The standard InChI is InChI=1S/C15H23OP/c1-9(2)8-17-15(16)14-7-10(3)11(4)12(5)13(14)6/h7,9,17H,8H2,1-6H3. The molecule has 0 aliphatic rings. The van der Waals surface area contributed by atoms with E-state index in [9.17, 15) is 4.79 Å². The maximum Gasteiger partial charge on any atom is 0.181 e. The van der Waals surface area contributed by atoms with Gasteiger partial charge in [0.05, 0.1) is 0 Å². The summed E-state index contributed by atoms with van der Waals surface area (Å²) >= 11 is 0. The molecule has 0 saturated heterocycles. The molecule has 0 fully saturated rings. The minimum absolute atomic E-state index is 0.322. The maximum atomic E-state index is 12.2. The van der Waals surface area contributed by atoms with Crippen molar-refractivity contribution in [1.82, 2.24) is 0 Å². The van der Waals surface area contributed by atoms with E-state index in [2.05, 4.69) is 47.6 Å². The molecule has 0 bridgehead atoms. The first-order valence-electron chi connectivity index (χ1n) is 6.20. The zero-order chi connectivity index (χ0) is 13.2. The zero-order valence-corrected chi connectivity index (χ0v) is 12.8. The number of benzene rings is 1. The highest BCUT2D eigenvalue weighted by Gasteiger charge is 2.13. The van der Waals surface area contributed by atoms with Crippen LogP contribution in [0.15, 0.2) is 6.07 Å². The quantitative estimate of drug-likeness (QED) is 0.724. The minimum atomic E-state index is 0.322. The third-order valence-electron chi connectivity index (χ3n) is 3.40. The Morgan fingerprint density at radius 3 is 2.24 bits per heavy atom. The molecule has 1 aromatic rings. The van der Waals surface area contributed by atoms with E-state index in [-0.39, 0.29) is 0 Å². The molecule has 94 valence electrons. The summed E-state index contributed by atoms with van der Waals surface area (Å²) in [6, 6.07) is 2.06. The first-order chi connectivity index (χ1) is 7.84. The second kappa shape index (κ2) is 5.78. The molecular formula is C15H23OP. The summed E-state index contributed by atoms with van der Waals surface area (Å²) in [5, 5.41) is 0. The van der Waals surface area contributed by atoms with Gasteiger partial charge in [0.25, 0.3) is 0 Å². The molecule has 0 aliphatic heterocycles. The van der Waals surface area contributed by atoms with Crippen molar-refractivity contribution in [3.05, 3.63) is 33.9 Å². The molecule has 1 rings (SSSR count). The van der Waals surface area contributed by atoms with Crippen LogP contribution in [0.25, 0.3) is 0 Å². The monoisotopic (exact) mass is 250 g/mol. The topological polar surface area (TPSA) is 17.1 Å². The van der Waals surface area contributed by atoms with E-state index >= 15 is 0 Å².